The molecular formula is C66H58N8O8S3. The van der Waals surface area contributed by atoms with Gasteiger partial charge in [-0.1, -0.05) is 192 Å². The Morgan fingerprint density at radius 3 is 1.69 bits per heavy atom. The van der Waals surface area contributed by atoms with Gasteiger partial charge in [-0.2, -0.15) is 11.8 Å². The molecular weight excluding hydrogens is 1130 g/mol. The Kier molecular flexibility index (Phi) is 17.1. The summed E-state index contributed by atoms with van der Waals surface area (Å²) in [5.41, 5.74) is 3.27. The second-order valence-electron chi connectivity index (χ2n) is 20.8. The summed E-state index contributed by atoms with van der Waals surface area (Å²) in [6.07, 6.45) is 1.22. The monoisotopic (exact) mass is 1190 g/mol. The summed E-state index contributed by atoms with van der Waals surface area (Å²) in [6.45, 7) is 5.22. The summed E-state index contributed by atoms with van der Waals surface area (Å²) < 4.78 is 18.8. The van der Waals surface area contributed by atoms with Gasteiger partial charge in [0.25, 0.3) is 11.8 Å². The Bertz CT molecular complexity index is 3670. The Morgan fingerprint density at radius 1 is 0.682 bits per heavy atom. The van der Waals surface area contributed by atoms with Gasteiger partial charge in [0, 0.05) is 39.3 Å². The predicted octanol–water partition coefficient (Wildman–Crippen LogP) is 11.8. The van der Waals surface area contributed by atoms with Gasteiger partial charge in [0.1, 0.15) is 45.4 Å². The fraction of sp³-hybridized carbons (Fsp3) is 0.182. The highest BCUT2D eigenvalue weighted by molar-refractivity contribution is 8.00. The van der Waals surface area contributed by atoms with Gasteiger partial charge in [-0.15, -0.1) is 28.2 Å². The fourth-order valence-electron chi connectivity index (χ4n) is 10.4. The molecule has 3 amide bonds. The average Bonchev–Trinajstić information content (AvgIpc) is 2.29. The number of anilines is 1. The summed E-state index contributed by atoms with van der Waals surface area (Å²) in [5, 5.41) is 20.7. The molecule has 4 heterocycles. The number of thiazole rings is 1. The molecule has 0 saturated carbocycles. The number of carbonyl (C=O) groups is 4. The Balaban J connectivity index is 0.900. The predicted molar refractivity (Wildman–Crippen MR) is 330 cm³/mol. The molecule has 2 N–H and O–H groups in total. The molecule has 19 heteroatoms. The van der Waals surface area contributed by atoms with Crippen molar-refractivity contribution >= 4 is 69.6 Å². The van der Waals surface area contributed by atoms with E-state index in [1.54, 1.807) is 57.5 Å². The summed E-state index contributed by atoms with van der Waals surface area (Å²) in [7, 11) is 1.54. The molecule has 7 aromatic carbocycles. The number of fused-ring (bicyclic) bond motifs is 1. The van der Waals surface area contributed by atoms with E-state index in [4.69, 9.17) is 29.4 Å². The number of β-lactam (4-membered cyclic amide) rings is 1. The third kappa shape index (κ3) is 12.1. The fourth-order valence-corrected chi connectivity index (χ4v) is 13.4. The number of hydrogen-bond acceptors (Lipinski definition) is 15. The van der Waals surface area contributed by atoms with Crippen LogP contribution in [0.2, 0.25) is 0 Å². The number of thioether (sulfide) groups is 2. The molecule has 2 aliphatic rings. The molecule has 428 valence electrons. The van der Waals surface area contributed by atoms with E-state index in [1.807, 2.05) is 156 Å². The van der Waals surface area contributed by atoms with Gasteiger partial charge < -0.3 is 24.4 Å². The van der Waals surface area contributed by atoms with E-state index in [0.717, 1.165) is 28.0 Å². The van der Waals surface area contributed by atoms with Gasteiger partial charge in [0.05, 0.1) is 19.0 Å². The van der Waals surface area contributed by atoms with Crippen molar-refractivity contribution in [2.45, 2.75) is 54.7 Å². The molecule has 85 heavy (non-hydrogen) atoms. The molecule has 0 radical (unpaired) electrons. The van der Waals surface area contributed by atoms with Crippen molar-refractivity contribution in [2.75, 3.05) is 23.9 Å². The molecule has 9 aromatic rings. The van der Waals surface area contributed by atoms with Gasteiger partial charge in [-0.3, -0.25) is 19.8 Å². The Labute approximate surface area is 504 Å². The number of esters is 1. The normalized spacial score (nSPS) is 15.3. The molecule has 0 bridgehead atoms. The van der Waals surface area contributed by atoms with E-state index in [9.17, 15) is 14.4 Å². The minimum absolute atomic E-state index is 0.0467. The Morgan fingerprint density at radius 2 is 1.19 bits per heavy atom. The highest BCUT2D eigenvalue weighted by atomic mass is 32.2. The van der Waals surface area contributed by atoms with Crippen LogP contribution in [0.5, 0.6) is 11.5 Å². The molecule has 2 atom stereocenters. The first kappa shape index (κ1) is 57.5. The summed E-state index contributed by atoms with van der Waals surface area (Å²) in [4.78, 5) is 70.3. The number of benzene rings is 7. The number of rotatable bonds is 20. The van der Waals surface area contributed by atoms with Crippen LogP contribution in [0.1, 0.15) is 65.5 Å². The zero-order valence-electron chi connectivity index (χ0n) is 46.7. The number of oxime groups is 1. The van der Waals surface area contributed by atoms with Crippen molar-refractivity contribution in [1.29, 1.82) is 0 Å². The van der Waals surface area contributed by atoms with Crippen molar-refractivity contribution < 1.29 is 38.2 Å². The average molecular weight is 1190 g/mol. The van der Waals surface area contributed by atoms with Crippen LogP contribution in [-0.2, 0) is 40.9 Å². The van der Waals surface area contributed by atoms with Crippen LogP contribution in [0.3, 0.4) is 0 Å². The quantitative estimate of drug-likeness (QED) is 0.0183. The summed E-state index contributed by atoms with van der Waals surface area (Å²) in [6, 6.07) is 64.6. The van der Waals surface area contributed by atoms with E-state index >= 15 is 4.79 Å². The number of nitrogens with one attached hydrogen (secondary N) is 2. The highest BCUT2D eigenvalue weighted by Gasteiger charge is 2.55. The topological polar surface area (TPSA) is 188 Å². The zero-order chi connectivity index (χ0) is 59.0. The maximum Gasteiger partial charge on any atom is 0.413 e. The number of aromatic nitrogens is 4. The zero-order valence-corrected chi connectivity index (χ0v) is 49.2. The number of amides is 3. The first-order valence-electron chi connectivity index (χ1n) is 27.2. The van der Waals surface area contributed by atoms with Crippen LogP contribution in [0.25, 0.3) is 0 Å². The molecule has 16 nitrogen and oxygen atoms in total. The minimum atomic E-state index is -1.41. The smallest absolute Gasteiger partial charge is 0.413 e. The molecule has 0 aliphatic carbocycles. The van der Waals surface area contributed by atoms with E-state index in [2.05, 4.69) is 57.2 Å². The Hall–Kier alpha value is -9.30. The highest BCUT2D eigenvalue weighted by Crippen LogP contribution is 2.45. The van der Waals surface area contributed by atoms with Gasteiger partial charge in [-0.05, 0) is 67.3 Å². The molecule has 2 aromatic heterocycles. The molecule has 2 aliphatic heterocycles. The van der Waals surface area contributed by atoms with E-state index in [-0.39, 0.29) is 28.0 Å². The van der Waals surface area contributed by atoms with Crippen LogP contribution >= 0.6 is 34.9 Å². The largest absolute Gasteiger partial charge is 0.497 e. The van der Waals surface area contributed by atoms with Crippen molar-refractivity contribution in [1.82, 2.24) is 30.2 Å². The van der Waals surface area contributed by atoms with Gasteiger partial charge in [-0.25, -0.2) is 19.3 Å². The SMILES string of the molecule is COc1ccc(OC(=O)C2=C(CSCc3cn(C(c4ccccc4)(c4ccccc4)c4ccccc4)nn3)CS[C@@H]3[C@H](NC(=O)/C(=N\OC(c4ccccc4)(c4ccccc4)c4ccccc4)c4csc(NC(=O)OC(C)(C)C)n4)C(=O)N23)cc1. The molecule has 0 spiro atoms. The lowest BCUT2D eigenvalue weighted by molar-refractivity contribution is -0.149. The second-order valence-corrected chi connectivity index (χ2v) is 23.8. The van der Waals surface area contributed by atoms with E-state index in [1.165, 1.54) is 28.4 Å². The lowest BCUT2D eigenvalue weighted by Crippen LogP contribution is -2.71. The maximum atomic E-state index is 15.1. The molecule has 1 fully saturated rings. The van der Waals surface area contributed by atoms with Crippen LogP contribution in [0.15, 0.2) is 234 Å². The minimum Gasteiger partial charge on any atom is -0.497 e. The van der Waals surface area contributed by atoms with Crippen LogP contribution in [0.4, 0.5) is 9.93 Å². The van der Waals surface area contributed by atoms with Crippen LogP contribution in [0, 0.1) is 0 Å². The van der Waals surface area contributed by atoms with Gasteiger partial charge >= 0.3 is 12.1 Å². The van der Waals surface area contributed by atoms with Crippen LogP contribution < -0.4 is 20.1 Å². The maximum absolute atomic E-state index is 15.1. The number of ether oxygens (including phenoxy) is 3. The van der Waals surface area contributed by atoms with Crippen LogP contribution in [-0.4, -0.2) is 90.1 Å². The van der Waals surface area contributed by atoms with Crippen molar-refractivity contribution in [3.63, 3.8) is 0 Å². The van der Waals surface area contributed by atoms with E-state index in [0.29, 0.717) is 51.0 Å². The first-order chi connectivity index (χ1) is 41.3. The van der Waals surface area contributed by atoms with E-state index < -0.39 is 52.0 Å². The molecule has 1 saturated heterocycles. The summed E-state index contributed by atoms with van der Waals surface area (Å²) >= 11 is 3.97. The van der Waals surface area contributed by atoms with Gasteiger partial charge in [0.2, 0.25) is 5.60 Å². The van der Waals surface area contributed by atoms with Crippen molar-refractivity contribution in [3.05, 3.63) is 274 Å². The summed E-state index contributed by atoms with van der Waals surface area (Å²) in [5.74, 6) is -0.218. The number of methoxy groups -OCH3 is 1. The third-order valence-electron chi connectivity index (χ3n) is 14.2. The molecule has 11 rings (SSSR count). The van der Waals surface area contributed by atoms with Crippen molar-refractivity contribution in [2.24, 2.45) is 5.16 Å². The lowest BCUT2D eigenvalue weighted by Gasteiger charge is -2.49. The second kappa shape index (κ2) is 25.3. The lowest BCUT2D eigenvalue weighted by atomic mass is 9.77. The van der Waals surface area contributed by atoms with Gasteiger partial charge in [0.15, 0.2) is 10.8 Å². The number of nitrogens with zero attached hydrogens (tertiary/aromatic N) is 6. The third-order valence-corrected chi connectivity index (χ3v) is 17.3. The first-order valence-corrected chi connectivity index (χ1v) is 30.3. The number of hydrogen-bond donors (Lipinski definition) is 2. The molecule has 0 unspecified atom stereocenters. The van der Waals surface area contributed by atoms with Crippen molar-refractivity contribution in [3.8, 4) is 11.5 Å². The number of carbonyl (C=O) groups excluding carboxylic acids is 4. The standard InChI is InChI=1S/C66H58N8O8S3/c1-64(2,3)81-63(78)69-62-67-54(43-85-62)55(71-82-66(48-29-17-8-18-30-48,49-31-19-9-20-32-49)50-33-21-10-22-34-50)58(75)68-56-59(76)74-57(61(77)80-53-37-35-52(79-4)36-38-53)44(41-84-60(56)74)40-83-42-51-39-73(72-70-51)65(45-23-11-5-12-24-45,46-25-13-6-14-26-46)47-27-15-7-16-28-47/h5-39,43,56,60H,40-42H2,1-4H3,(H,68,75)(H,67,69,78)/b71-55-/t56-,60-/m1/s1.